The Morgan fingerprint density at radius 3 is 1.25 bits per heavy atom. The van der Waals surface area contributed by atoms with Crippen molar-refractivity contribution < 1.29 is 57.7 Å². The third kappa shape index (κ3) is 62.2. The fraction of sp³-hybridized carbons (Fsp3) is 0. The third-order valence-electron chi connectivity index (χ3n) is 0. The zero-order valence-corrected chi connectivity index (χ0v) is 11.8. The molecular weight excluding hydrogens is 301 g/mol. The molecule has 0 bridgehead atoms. The molecule has 0 aliphatic carbocycles. The minimum atomic E-state index is -5.39. The van der Waals surface area contributed by atoms with Crippen molar-refractivity contribution in [3.05, 3.63) is 0 Å². The van der Waals surface area contributed by atoms with Crippen LogP contribution in [0.1, 0.15) is 2.85 Å². The molecular formula is H2AlCaLaO4P. The fourth-order valence-corrected chi connectivity index (χ4v) is 0. The van der Waals surface area contributed by atoms with Gasteiger partial charge in [-0.05, 0) is 0 Å². The van der Waals surface area contributed by atoms with Crippen LogP contribution in [0.5, 0.6) is 0 Å². The summed E-state index contributed by atoms with van der Waals surface area (Å²) in [4.78, 5) is 25.6. The average Bonchev–Trinajstić information content (AvgIpc) is 0.722. The summed E-state index contributed by atoms with van der Waals surface area (Å²) in [6, 6.07) is 0. The molecule has 0 atom stereocenters. The standard InChI is InChI=1S/Al.Ca.La.H3O4P.2H/c;;;1-5(2,3)4;;/h;;;(H3,1,2,3,4);;/q+3;+2;;;2*-1/p-3. The summed E-state index contributed by atoms with van der Waals surface area (Å²) in [5.41, 5.74) is 0. The smallest absolute Gasteiger partial charge is 1.00 e. The molecule has 0 spiro atoms. The maximum atomic E-state index is 8.55. The maximum absolute atomic E-state index is 8.55. The van der Waals surface area contributed by atoms with Crippen LogP contribution in [-0.4, -0.2) is 55.1 Å². The van der Waals surface area contributed by atoms with Crippen molar-refractivity contribution in [2.45, 2.75) is 0 Å². The van der Waals surface area contributed by atoms with Gasteiger partial charge in [-0.1, -0.05) is 0 Å². The molecule has 0 aromatic carbocycles. The zero-order chi connectivity index (χ0) is 4.50. The minimum absolute atomic E-state index is 0. The molecule has 8 heavy (non-hydrogen) atoms. The van der Waals surface area contributed by atoms with Gasteiger partial charge in [0, 0.05) is 35.6 Å². The van der Waals surface area contributed by atoms with Crippen LogP contribution in [0.15, 0.2) is 0 Å². The van der Waals surface area contributed by atoms with Crippen LogP contribution in [-0.2, 0) is 4.57 Å². The topological polar surface area (TPSA) is 86.2 Å². The van der Waals surface area contributed by atoms with E-state index in [0.29, 0.717) is 0 Å². The molecule has 0 aliphatic rings. The zero-order valence-electron chi connectivity index (χ0n) is 5.94. The Balaban J connectivity index is -0.00000000800. The summed E-state index contributed by atoms with van der Waals surface area (Å²) in [6.07, 6.45) is 0. The Morgan fingerprint density at radius 2 is 1.25 bits per heavy atom. The summed E-state index contributed by atoms with van der Waals surface area (Å²) >= 11 is 0. The van der Waals surface area contributed by atoms with Crippen molar-refractivity contribution in [3.63, 3.8) is 0 Å². The number of hydrogen-bond acceptors (Lipinski definition) is 4. The van der Waals surface area contributed by atoms with E-state index in [1.165, 1.54) is 0 Å². The largest absolute Gasteiger partial charge is 3.00 e. The molecule has 39 valence electrons. The molecule has 0 N–H and O–H groups in total. The monoisotopic (exact) mass is 303 g/mol. The Kier molecular flexibility index (Phi) is 28.3. The molecule has 1 radical (unpaired) electrons. The van der Waals surface area contributed by atoms with Crippen molar-refractivity contribution in [3.8, 4) is 0 Å². The summed E-state index contributed by atoms with van der Waals surface area (Å²) in [7, 11) is -5.39. The summed E-state index contributed by atoms with van der Waals surface area (Å²) < 4.78 is 8.55. The fourth-order valence-electron chi connectivity index (χ4n) is 0. The molecule has 0 heterocycles. The van der Waals surface area contributed by atoms with E-state index in [9.17, 15) is 0 Å². The molecule has 0 amide bonds. The van der Waals surface area contributed by atoms with Gasteiger partial charge in [0.1, 0.15) is 0 Å². The van der Waals surface area contributed by atoms with Gasteiger partial charge < -0.3 is 22.1 Å². The molecule has 0 aromatic heterocycles. The SMILES string of the molecule is O=P([O-])([O-])[O-].[Al+3].[Ca+2].[H-].[H-].[La]. The van der Waals surface area contributed by atoms with Gasteiger partial charge in [-0.15, -0.1) is 0 Å². The first-order valence-electron chi connectivity index (χ1n) is 0.730. The van der Waals surface area contributed by atoms with E-state index in [-0.39, 0.29) is 93.6 Å². The normalized spacial score (nSPS) is 7.38. The molecule has 0 saturated heterocycles. The van der Waals surface area contributed by atoms with Gasteiger partial charge in [0.05, 0.1) is 0 Å². The summed E-state index contributed by atoms with van der Waals surface area (Å²) in [6.45, 7) is 0. The summed E-state index contributed by atoms with van der Waals surface area (Å²) in [5.74, 6) is 0. The predicted octanol–water partition coefficient (Wildman–Crippen LogP) is -3.36. The van der Waals surface area contributed by atoms with Crippen molar-refractivity contribution >= 4 is 62.9 Å². The third-order valence-corrected chi connectivity index (χ3v) is 0. The minimum Gasteiger partial charge on any atom is -1.00 e. The van der Waals surface area contributed by atoms with Crippen LogP contribution in [0.4, 0.5) is 0 Å². The van der Waals surface area contributed by atoms with Crippen molar-refractivity contribution in [1.29, 1.82) is 0 Å². The second-order valence-electron chi connectivity index (χ2n) is 0.447. The van der Waals surface area contributed by atoms with Crippen molar-refractivity contribution in [1.82, 2.24) is 0 Å². The quantitative estimate of drug-likeness (QED) is 0.345. The first kappa shape index (κ1) is 22.5. The molecule has 8 heteroatoms. The van der Waals surface area contributed by atoms with Crippen LogP contribution in [0.2, 0.25) is 0 Å². The van der Waals surface area contributed by atoms with Gasteiger partial charge in [0.25, 0.3) is 0 Å². The van der Waals surface area contributed by atoms with E-state index in [2.05, 4.69) is 0 Å². The van der Waals surface area contributed by atoms with E-state index >= 15 is 0 Å². The van der Waals surface area contributed by atoms with Crippen LogP contribution < -0.4 is 14.7 Å². The molecule has 0 aliphatic heterocycles. The van der Waals surface area contributed by atoms with Gasteiger partial charge in [0.15, 0.2) is 0 Å². The van der Waals surface area contributed by atoms with E-state index in [4.69, 9.17) is 19.2 Å². The van der Waals surface area contributed by atoms with E-state index in [0.717, 1.165) is 0 Å². The number of hydrogen-bond donors (Lipinski definition) is 0. The van der Waals surface area contributed by atoms with E-state index < -0.39 is 7.82 Å². The molecule has 0 fully saturated rings. The molecule has 0 unspecified atom stereocenters. The van der Waals surface area contributed by atoms with Gasteiger partial charge >= 0.3 is 55.1 Å². The Morgan fingerprint density at radius 1 is 1.25 bits per heavy atom. The molecule has 0 rings (SSSR count). The van der Waals surface area contributed by atoms with Crippen LogP contribution in [0, 0.1) is 35.6 Å². The number of rotatable bonds is 0. The first-order valence-corrected chi connectivity index (χ1v) is 2.19. The molecule has 0 aromatic rings. The molecule has 4 nitrogen and oxygen atoms in total. The molecule has 0 saturated carbocycles. The second-order valence-corrected chi connectivity index (χ2v) is 1.34. The van der Waals surface area contributed by atoms with E-state index in [1.807, 2.05) is 0 Å². The van der Waals surface area contributed by atoms with Gasteiger partial charge in [0.2, 0.25) is 0 Å². The Hall–Kier alpha value is 3.10. The van der Waals surface area contributed by atoms with Crippen LogP contribution in [0.25, 0.3) is 0 Å². The predicted molar refractivity (Wildman–Crippen MR) is 21.3 cm³/mol. The number of phosphoric acid groups is 1. The van der Waals surface area contributed by atoms with Gasteiger partial charge in [-0.3, -0.25) is 0 Å². The maximum Gasteiger partial charge on any atom is 3.00 e. The summed E-state index contributed by atoms with van der Waals surface area (Å²) in [5, 5.41) is 0. The second kappa shape index (κ2) is 10.1. The first-order chi connectivity index (χ1) is 2.00. The van der Waals surface area contributed by atoms with Crippen molar-refractivity contribution in [2.24, 2.45) is 0 Å². The van der Waals surface area contributed by atoms with E-state index in [1.54, 1.807) is 0 Å². The van der Waals surface area contributed by atoms with Crippen LogP contribution in [0.3, 0.4) is 0 Å². The van der Waals surface area contributed by atoms with Gasteiger partial charge in [-0.2, -0.15) is 7.82 Å². The van der Waals surface area contributed by atoms with Gasteiger partial charge in [-0.25, -0.2) is 0 Å². The van der Waals surface area contributed by atoms with Crippen molar-refractivity contribution in [2.75, 3.05) is 0 Å². The average molecular weight is 303 g/mol. The van der Waals surface area contributed by atoms with Crippen LogP contribution >= 0.6 is 7.82 Å². The Bertz CT molecular complexity index is 69.4. The Labute approximate surface area is 118 Å².